The minimum Gasteiger partial charge on any atom is -0.449 e. The monoisotopic (exact) mass is 405 g/mol. The van der Waals surface area contributed by atoms with Gasteiger partial charge in [0, 0.05) is 13.1 Å². The topological polar surface area (TPSA) is 49.8 Å². The van der Waals surface area contributed by atoms with Gasteiger partial charge in [0.05, 0.1) is 0 Å². The average molecular weight is 406 g/mol. The van der Waals surface area contributed by atoms with E-state index < -0.39 is 6.16 Å². The smallest absolute Gasteiger partial charge is 0.449 e. The summed E-state index contributed by atoms with van der Waals surface area (Å²) in [5.41, 5.74) is 1.11. The van der Waals surface area contributed by atoms with E-state index in [1.807, 2.05) is 18.2 Å². The molecular formula is C22H28FNO3S. The van der Waals surface area contributed by atoms with Crippen molar-refractivity contribution in [3.8, 4) is 0 Å². The summed E-state index contributed by atoms with van der Waals surface area (Å²) in [4.78, 5) is 13.4. The highest BCUT2D eigenvalue weighted by Gasteiger charge is 2.24. The molecule has 0 amide bonds. The normalized spacial score (nSPS) is 17.8. The van der Waals surface area contributed by atoms with Gasteiger partial charge >= 0.3 is 6.16 Å². The Kier molecular flexibility index (Phi) is 7.83. The molecule has 3 rings (SSSR count). The number of halogens is 1. The van der Waals surface area contributed by atoms with Crippen molar-refractivity contribution in [1.82, 2.24) is 4.90 Å². The van der Waals surface area contributed by atoms with Crippen molar-refractivity contribution < 1.29 is 19.0 Å². The van der Waals surface area contributed by atoms with Crippen LogP contribution in [0, 0.1) is 11.7 Å². The Morgan fingerprint density at radius 1 is 1.21 bits per heavy atom. The first-order valence-corrected chi connectivity index (χ1v) is 11.0. The number of allylic oxidation sites excluding steroid dienone is 1. The third kappa shape index (κ3) is 6.30. The first kappa shape index (κ1) is 20.8. The van der Waals surface area contributed by atoms with Crippen LogP contribution in [-0.4, -0.2) is 35.0 Å². The molecule has 0 unspecified atom stereocenters. The van der Waals surface area contributed by atoms with Crippen LogP contribution in [0.25, 0.3) is 0 Å². The number of nitrogens with zero attached hydrogens (tertiary/aromatic N) is 1. The van der Waals surface area contributed by atoms with E-state index in [9.17, 15) is 9.18 Å². The summed E-state index contributed by atoms with van der Waals surface area (Å²) < 4.78 is 18.1. The van der Waals surface area contributed by atoms with Crippen LogP contribution in [0.5, 0.6) is 0 Å². The number of benzene rings is 1. The van der Waals surface area contributed by atoms with Gasteiger partial charge in [-0.2, -0.15) is 0 Å². The molecule has 28 heavy (non-hydrogen) atoms. The van der Waals surface area contributed by atoms with Gasteiger partial charge in [-0.25, -0.2) is 9.18 Å². The fourth-order valence-corrected chi connectivity index (χ4v) is 4.93. The van der Waals surface area contributed by atoms with Crippen LogP contribution in [0.1, 0.15) is 44.1 Å². The molecule has 0 saturated heterocycles. The number of rotatable bonds is 8. The second kappa shape index (κ2) is 10.6. The maximum absolute atomic E-state index is 13.0. The van der Waals surface area contributed by atoms with Crippen molar-refractivity contribution in [3.63, 3.8) is 0 Å². The largest absolute Gasteiger partial charge is 0.511 e. The van der Waals surface area contributed by atoms with Crippen molar-refractivity contribution in [2.75, 3.05) is 18.8 Å². The number of hydrogen-bond acceptors (Lipinski definition) is 4. The quantitative estimate of drug-likeness (QED) is 0.437. The Morgan fingerprint density at radius 3 is 2.68 bits per heavy atom. The lowest BCUT2D eigenvalue weighted by molar-refractivity contribution is 0.118. The SMILES string of the molecule is O=C(O)OC1=C(SCCCc2ccc(F)cc2)N(CC2CCCCC2)CC=C1. The molecule has 0 bridgehead atoms. The number of carbonyl (C=O) groups is 1. The Bertz CT molecular complexity index is 711. The van der Waals surface area contributed by atoms with E-state index >= 15 is 0 Å². The predicted molar refractivity (Wildman–Crippen MR) is 111 cm³/mol. The van der Waals surface area contributed by atoms with Gasteiger partial charge in [-0.05, 0) is 61.1 Å². The van der Waals surface area contributed by atoms with Crippen LogP contribution < -0.4 is 0 Å². The number of ether oxygens (including phenoxy) is 1. The molecule has 1 saturated carbocycles. The Labute approximate surface area is 170 Å². The molecule has 2 aliphatic rings. The van der Waals surface area contributed by atoms with Crippen molar-refractivity contribution in [3.05, 3.63) is 58.6 Å². The zero-order valence-electron chi connectivity index (χ0n) is 16.1. The van der Waals surface area contributed by atoms with E-state index in [4.69, 9.17) is 9.84 Å². The van der Waals surface area contributed by atoms with Crippen LogP contribution in [-0.2, 0) is 11.2 Å². The molecule has 6 heteroatoms. The molecule has 0 spiro atoms. The van der Waals surface area contributed by atoms with Gasteiger partial charge in [-0.3, -0.25) is 0 Å². The highest BCUT2D eigenvalue weighted by molar-refractivity contribution is 8.03. The van der Waals surface area contributed by atoms with Gasteiger partial charge in [0.1, 0.15) is 10.8 Å². The van der Waals surface area contributed by atoms with Crippen LogP contribution >= 0.6 is 11.8 Å². The second-order valence-corrected chi connectivity index (χ2v) is 8.51. The molecule has 1 N–H and O–H groups in total. The van der Waals surface area contributed by atoms with Crippen molar-refractivity contribution in [2.24, 2.45) is 5.92 Å². The van der Waals surface area contributed by atoms with E-state index in [0.717, 1.165) is 42.3 Å². The third-order valence-corrected chi connectivity index (χ3v) is 6.48. The number of carboxylic acid groups (broad SMARTS) is 1. The highest BCUT2D eigenvalue weighted by Crippen LogP contribution is 2.33. The van der Waals surface area contributed by atoms with Crippen LogP contribution in [0.4, 0.5) is 9.18 Å². The zero-order valence-corrected chi connectivity index (χ0v) is 16.9. The maximum atomic E-state index is 13.0. The molecule has 1 aliphatic carbocycles. The Hall–Kier alpha value is -1.95. The average Bonchev–Trinajstić information content (AvgIpc) is 2.68. The van der Waals surface area contributed by atoms with E-state index in [1.165, 1.54) is 44.2 Å². The van der Waals surface area contributed by atoms with E-state index in [2.05, 4.69) is 4.90 Å². The van der Waals surface area contributed by atoms with Crippen LogP contribution in [0.2, 0.25) is 0 Å². The molecule has 1 aromatic carbocycles. The molecule has 1 fully saturated rings. The summed E-state index contributed by atoms with van der Waals surface area (Å²) >= 11 is 1.66. The minimum atomic E-state index is -1.27. The molecule has 0 radical (unpaired) electrons. The summed E-state index contributed by atoms with van der Waals surface area (Å²) in [6, 6.07) is 6.61. The third-order valence-electron chi connectivity index (χ3n) is 5.26. The molecule has 0 aromatic heterocycles. The highest BCUT2D eigenvalue weighted by atomic mass is 32.2. The summed E-state index contributed by atoms with van der Waals surface area (Å²) in [5.74, 6) is 1.74. The van der Waals surface area contributed by atoms with Gasteiger partial charge in [-0.1, -0.05) is 37.5 Å². The fourth-order valence-electron chi connectivity index (χ4n) is 3.87. The first-order chi connectivity index (χ1) is 13.6. The standard InChI is InChI=1S/C22H28FNO3S/c23-19-12-10-17(11-13-19)8-5-15-28-21-20(27-22(25)26)9-4-14-24(21)16-18-6-2-1-3-7-18/h4,9-13,18H,1-3,5-8,14-16H2,(H,25,26). The number of thioether (sulfide) groups is 1. The summed E-state index contributed by atoms with van der Waals surface area (Å²) in [7, 11) is 0. The maximum Gasteiger partial charge on any atom is 0.511 e. The number of aryl methyl sites for hydroxylation is 1. The summed E-state index contributed by atoms with van der Waals surface area (Å²) in [6.07, 6.45) is 10.7. The molecule has 1 heterocycles. The summed E-state index contributed by atoms with van der Waals surface area (Å²) in [6.45, 7) is 1.75. The van der Waals surface area contributed by atoms with E-state index in [-0.39, 0.29) is 5.82 Å². The lowest BCUT2D eigenvalue weighted by Gasteiger charge is -2.34. The Morgan fingerprint density at radius 2 is 1.96 bits per heavy atom. The molecule has 152 valence electrons. The minimum absolute atomic E-state index is 0.217. The zero-order chi connectivity index (χ0) is 19.8. The van der Waals surface area contributed by atoms with Crippen molar-refractivity contribution in [1.29, 1.82) is 0 Å². The van der Waals surface area contributed by atoms with Crippen molar-refractivity contribution in [2.45, 2.75) is 44.9 Å². The molecule has 1 aliphatic heterocycles. The van der Waals surface area contributed by atoms with Gasteiger partial charge < -0.3 is 14.7 Å². The van der Waals surface area contributed by atoms with Crippen LogP contribution in [0.15, 0.2) is 47.2 Å². The van der Waals surface area contributed by atoms with Gasteiger partial charge in [-0.15, -0.1) is 11.8 Å². The van der Waals surface area contributed by atoms with Gasteiger partial charge in [0.2, 0.25) is 0 Å². The molecule has 1 aromatic rings. The fraction of sp³-hybridized carbons (Fsp3) is 0.500. The Balaban J connectivity index is 1.60. The first-order valence-electron chi connectivity index (χ1n) is 10.1. The van der Waals surface area contributed by atoms with E-state index in [0.29, 0.717) is 11.7 Å². The molecular weight excluding hydrogens is 377 g/mol. The summed E-state index contributed by atoms with van der Waals surface area (Å²) in [5, 5.41) is 10.0. The van der Waals surface area contributed by atoms with Crippen molar-refractivity contribution >= 4 is 17.9 Å². The molecule has 0 atom stereocenters. The number of hydrogen-bond donors (Lipinski definition) is 1. The van der Waals surface area contributed by atoms with E-state index in [1.54, 1.807) is 17.8 Å². The van der Waals surface area contributed by atoms with Gasteiger partial charge in [0.15, 0.2) is 5.76 Å². The van der Waals surface area contributed by atoms with Crippen LogP contribution in [0.3, 0.4) is 0 Å². The second-order valence-electron chi connectivity index (χ2n) is 7.43. The van der Waals surface area contributed by atoms with Gasteiger partial charge in [0.25, 0.3) is 0 Å². The lowest BCUT2D eigenvalue weighted by Crippen LogP contribution is -2.32. The lowest BCUT2D eigenvalue weighted by atomic mass is 9.89. The molecule has 4 nitrogen and oxygen atoms in total. The predicted octanol–water partition coefficient (Wildman–Crippen LogP) is 5.81.